The lowest BCUT2D eigenvalue weighted by molar-refractivity contribution is 0.0713. The molecule has 2 N–H and O–H groups in total. The molecule has 0 fully saturated rings. The van der Waals surface area contributed by atoms with Gasteiger partial charge in [0.1, 0.15) is 12.7 Å². The summed E-state index contributed by atoms with van der Waals surface area (Å²) in [6.45, 7) is 2.60. The van der Waals surface area contributed by atoms with E-state index in [1.54, 1.807) is 0 Å². The van der Waals surface area contributed by atoms with E-state index in [2.05, 4.69) is 6.92 Å². The fourth-order valence-electron chi connectivity index (χ4n) is 1.51. The Kier molecular flexibility index (Phi) is 2.59. The van der Waals surface area contributed by atoms with Crippen LogP contribution >= 0.6 is 0 Å². The average Bonchev–Trinajstić information content (AvgIpc) is 2.27. The summed E-state index contributed by atoms with van der Waals surface area (Å²) in [5.41, 5.74) is 5.90. The van der Waals surface area contributed by atoms with Crippen LogP contribution in [0.1, 0.15) is 13.3 Å². The first-order chi connectivity index (χ1) is 6.81. The monoisotopic (exact) mass is 193 g/mol. The van der Waals surface area contributed by atoms with E-state index in [0.29, 0.717) is 6.61 Å². The summed E-state index contributed by atoms with van der Waals surface area (Å²) in [7, 11) is 0. The number of para-hydroxylation sites is 2. The van der Waals surface area contributed by atoms with E-state index in [0.717, 1.165) is 17.9 Å². The molecule has 3 heteroatoms. The minimum Gasteiger partial charge on any atom is -0.486 e. The van der Waals surface area contributed by atoms with Crippen molar-refractivity contribution in [2.45, 2.75) is 25.5 Å². The van der Waals surface area contributed by atoms with Crippen molar-refractivity contribution >= 4 is 0 Å². The molecule has 3 nitrogen and oxygen atoms in total. The van der Waals surface area contributed by atoms with Gasteiger partial charge in [-0.2, -0.15) is 0 Å². The molecule has 76 valence electrons. The molecular formula is C11H15NO2. The summed E-state index contributed by atoms with van der Waals surface area (Å²) < 4.78 is 11.3. The Hall–Kier alpha value is -1.22. The quantitative estimate of drug-likeness (QED) is 0.775. The molecule has 1 aliphatic rings. The van der Waals surface area contributed by atoms with Gasteiger partial charge in [-0.3, -0.25) is 0 Å². The van der Waals surface area contributed by atoms with Crippen LogP contribution in [0, 0.1) is 0 Å². The summed E-state index contributed by atoms with van der Waals surface area (Å²) in [5.74, 6) is 1.61. The first kappa shape index (κ1) is 9.34. The minimum atomic E-state index is -0.0186. The summed E-state index contributed by atoms with van der Waals surface area (Å²) in [6.07, 6.45) is 0.880. The number of ether oxygens (including phenoxy) is 2. The normalized spacial score (nSPS) is 21.7. The van der Waals surface area contributed by atoms with E-state index in [-0.39, 0.29) is 12.1 Å². The molecule has 14 heavy (non-hydrogen) atoms. The second-order valence-corrected chi connectivity index (χ2v) is 3.49. The molecule has 1 aromatic rings. The highest BCUT2D eigenvalue weighted by molar-refractivity contribution is 5.40. The van der Waals surface area contributed by atoms with E-state index in [4.69, 9.17) is 15.2 Å². The molecular weight excluding hydrogens is 178 g/mol. The van der Waals surface area contributed by atoms with Crippen LogP contribution in [0.15, 0.2) is 24.3 Å². The van der Waals surface area contributed by atoms with Crippen LogP contribution in [0.5, 0.6) is 11.5 Å². The maximum atomic E-state index is 5.90. The minimum absolute atomic E-state index is 0.0186. The Labute approximate surface area is 83.8 Å². The highest BCUT2D eigenvalue weighted by Gasteiger charge is 2.24. The average molecular weight is 193 g/mol. The SMILES string of the molecule is CCC(N)C1COc2ccccc2O1. The predicted molar refractivity (Wildman–Crippen MR) is 54.6 cm³/mol. The highest BCUT2D eigenvalue weighted by Crippen LogP contribution is 2.31. The Balaban J connectivity index is 2.13. The number of hydrogen-bond acceptors (Lipinski definition) is 3. The Morgan fingerprint density at radius 2 is 2.14 bits per heavy atom. The van der Waals surface area contributed by atoms with Crippen molar-refractivity contribution in [3.8, 4) is 11.5 Å². The van der Waals surface area contributed by atoms with Crippen molar-refractivity contribution < 1.29 is 9.47 Å². The summed E-state index contributed by atoms with van der Waals surface area (Å²) in [5, 5.41) is 0. The van der Waals surface area contributed by atoms with Crippen molar-refractivity contribution in [2.24, 2.45) is 5.73 Å². The van der Waals surface area contributed by atoms with E-state index < -0.39 is 0 Å². The third-order valence-corrected chi connectivity index (χ3v) is 2.48. The summed E-state index contributed by atoms with van der Waals surface area (Å²) in [4.78, 5) is 0. The maximum Gasteiger partial charge on any atom is 0.161 e. The van der Waals surface area contributed by atoms with Gasteiger partial charge in [-0.25, -0.2) is 0 Å². The first-order valence-electron chi connectivity index (χ1n) is 4.95. The van der Waals surface area contributed by atoms with Crippen molar-refractivity contribution in [2.75, 3.05) is 6.61 Å². The van der Waals surface area contributed by atoms with Gasteiger partial charge in [-0.1, -0.05) is 19.1 Å². The zero-order chi connectivity index (χ0) is 9.97. The number of hydrogen-bond donors (Lipinski definition) is 1. The van der Waals surface area contributed by atoms with Crippen molar-refractivity contribution in [1.29, 1.82) is 0 Å². The van der Waals surface area contributed by atoms with Gasteiger partial charge in [0.25, 0.3) is 0 Å². The standard InChI is InChI=1S/C11H15NO2/c1-2-8(12)11-7-13-9-5-3-4-6-10(9)14-11/h3-6,8,11H,2,7,12H2,1H3. The smallest absolute Gasteiger partial charge is 0.161 e. The van der Waals surface area contributed by atoms with Crippen LogP contribution in [-0.2, 0) is 0 Å². The van der Waals surface area contributed by atoms with Gasteiger partial charge in [-0.15, -0.1) is 0 Å². The molecule has 0 spiro atoms. The van der Waals surface area contributed by atoms with Gasteiger partial charge in [0.05, 0.1) is 0 Å². The van der Waals surface area contributed by atoms with Crippen molar-refractivity contribution in [1.82, 2.24) is 0 Å². The van der Waals surface area contributed by atoms with Gasteiger partial charge < -0.3 is 15.2 Å². The fraction of sp³-hybridized carbons (Fsp3) is 0.455. The maximum absolute atomic E-state index is 5.90. The van der Waals surface area contributed by atoms with E-state index >= 15 is 0 Å². The molecule has 0 saturated carbocycles. The van der Waals surface area contributed by atoms with Gasteiger partial charge in [0.15, 0.2) is 11.5 Å². The Morgan fingerprint density at radius 3 is 2.86 bits per heavy atom. The van der Waals surface area contributed by atoms with E-state index in [1.807, 2.05) is 24.3 Å². The first-order valence-corrected chi connectivity index (χ1v) is 4.95. The van der Waals surface area contributed by atoms with Crippen LogP contribution in [0.2, 0.25) is 0 Å². The fourth-order valence-corrected chi connectivity index (χ4v) is 1.51. The predicted octanol–water partition coefficient (Wildman–Crippen LogP) is 1.56. The van der Waals surface area contributed by atoms with Crippen LogP contribution in [0.4, 0.5) is 0 Å². The molecule has 0 radical (unpaired) electrons. The molecule has 1 aliphatic heterocycles. The van der Waals surface area contributed by atoms with Crippen LogP contribution < -0.4 is 15.2 Å². The lowest BCUT2D eigenvalue weighted by atomic mass is 10.1. The van der Waals surface area contributed by atoms with Gasteiger partial charge in [0, 0.05) is 6.04 Å². The highest BCUT2D eigenvalue weighted by atomic mass is 16.6. The topological polar surface area (TPSA) is 44.5 Å². The van der Waals surface area contributed by atoms with Crippen LogP contribution in [0.25, 0.3) is 0 Å². The zero-order valence-electron chi connectivity index (χ0n) is 8.27. The molecule has 0 aliphatic carbocycles. The molecule has 1 heterocycles. The molecule has 0 saturated heterocycles. The third-order valence-electron chi connectivity index (χ3n) is 2.48. The molecule has 0 aromatic heterocycles. The molecule has 2 unspecified atom stereocenters. The second-order valence-electron chi connectivity index (χ2n) is 3.49. The van der Waals surface area contributed by atoms with Gasteiger partial charge in [0.2, 0.25) is 0 Å². The second kappa shape index (κ2) is 3.88. The number of fused-ring (bicyclic) bond motifs is 1. The van der Waals surface area contributed by atoms with Crippen LogP contribution in [-0.4, -0.2) is 18.8 Å². The lowest BCUT2D eigenvalue weighted by Gasteiger charge is -2.29. The summed E-state index contributed by atoms with van der Waals surface area (Å²) in [6, 6.07) is 7.72. The zero-order valence-corrected chi connectivity index (χ0v) is 8.27. The summed E-state index contributed by atoms with van der Waals surface area (Å²) >= 11 is 0. The van der Waals surface area contributed by atoms with Gasteiger partial charge >= 0.3 is 0 Å². The number of nitrogens with two attached hydrogens (primary N) is 1. The van der Waals surface area contributed by atoms with Crippen LogP contribution in [0.3, 0.4) is 0 Å². The van der Waals surface area contributed by atoms with Gasteiger partial charge in [-0.05, 0) is 18.6 Å². The molecule has 0 bridgehead atoms. The molecule has 0 amide bonds. The Bertz CT molecular complexity index is 314. The molecule has 2 atom stereocenters. The third kappa shape index (κ3) is 1.68. The molecule has 1 aromatic carbocycles. The van der Waals surface area contributed by atoms with E-state index in [9.17, 15) is 0 Å². The van der Waals surface area contributed by atoms with Crippen molar-refractivity contribution in [3.05, 3.63) is 24.3 Å². The Morgan fingerprint density at radius 1 is 1.43 bits per heavy atom. The largest absolute Gasteiger partial charge is 0.486 e. The van der Waals surface area contributed by atoms with E-state index in [1.165, 1.54) is 0 Å². The molecule has 2 rings (SSSR count). The number of rotatable bonds is 2. The number of benzene rings is 1. The van der Waals surface area contributed by atoms with Crippen molar-refractivity contribution in [3.63, 3.8) is 0 Å². The lowest BCUT2D eigenvalue weighted by Crippen LogP contribution is -2.44.